The van der Waals surface area contributed by atoms with Crippen LogP contribution in [0.25, 0.3) is 0 Å². The largest absolute Gasteiger partial charge is 0.495 e. The van der Waals surface area contributed by atoms with Crippen molar-refractivity contribution in [3.63, 3.8) is 0 Å². The van der Waals surface area contributed by atoms with Gasteiger partial charge in [-0.2, -0.15) is 0 Å². The molecule has 1 aliphatic carbocycles. The number of anilines is 1. The number of nitrogens with two attached hydrogens (primary N) is 1. The van der Waals surface area contributed by atoms with E-state index in [1.807, 2.05) is 6.07 Å². The average molecular weight is 420 g/mol. The highest BCUT2D eigenvalue weighted by molar-refractivity contribution is 9.11. The zero-order chi connectivity index (χ0) is 15.4. The van der Waals surface area contributed by atoms with Crippen molar-refractivity contribution < 1.29 is 9.53 Å². The van der Waals surface area contributed by atoms with Gasteiger partial charge >= 0.3 is 0 Å². The van der Waals surface area contributed by atoms with Crippen molar-refractivity contribution >= 4 is 43.5 Å². The van der Waals surface area contributed by atoms with Crippen molar-refractivity contribution in [1.82, 2.24) is 0 Å². The Balaban J connectivity index is 2.15. The minimum atomic E-state index is -0.117. The molecule has 0 bridgehead atoms. The monoisotopic (exact) mass is 418 g/mol. The van der Waals surface area contributed by atoms with Gasteiger partial charge in [0.05, 0.1) is 23.2 Å². The number of amides is 1. The second-order valence-electron chi connectivity index (χ2n) is 5.36. The minimum Gasteiger partial charge on any atom is -0.495 e. The van der Waals surface area contributed by atoms with Gasteiger partial charge in [0.15, 0.2) is 0 Å². The third-order valence-electron chi connectivity index (χ3n) is 3.91. The van der Waals surface area contributed by atoms with Gasteiger partial charge in [-0.1, -0.05) is 19.3 Å². The summed E-state index contributed by atoms with van der Waals surface area (Å²) in [6.45, 7) is 0. The molecule has 0 aromatic heterocycles. The van der Waals surface area contributed by atoms with Crippen LogP contribution in [0.3, 0.4) is 0 Å². The Hall–Kier alpha value is -0.590. The molecule has 21 heavy (non-hydrogen) atoms. The summed E-state index contributed by atoms with van der Waals surface area (Å²) in [6.07, 6.45) is 5.12. The van der Waals surface area contributed by atoms with Crippen molar-refractivity contribution in [1.29, 1.82) is 0 Å². The van der Waals surface area contributed by atoms with Crippen LogP contribution in [0.15, 0.2) is 21.1 Å². The van der Waals surface area contributed by atoms with E-state index in [9.17, 15) is 4.79 Å². The highest BCUT2D eigenvalue weighted by atomic mass is 79.9. The molecule has 1 aromatic carbocycles. The molecule has 0 heterocycles. The van der Waals surface area contributed by atoms with Gasteiger partial charge in [-0.05, 0) is 50.8 Å². The molecule has 6 heteroatoms. The van der Waals surface area contributed by atoms with Crippen molar-refractivity contribution in [2.24, 2.45) is 11.7 Å². The van der Waals surface area contributed by atoms with Crippen LogP contribution in [0.2, 0.25) is 0 Å². The molecule has 2 atom stereocenters. The first-order chi connectivity index (χ1) is 10.0. The minimum absolute atomic E-state index is 0.00512. The first-order valence-electron chi connectivity index (χ1n) is 7.12. The predicted octanol–water partition coefficient (Wildman–Crippen LogP) is 4.07. The maximum Gasteiger partial charge on any atom is 0.229 e. The number of nitrogens with one attached hydrogen (secondary N) is 1. The molecular weight excluding hydrogens is 400 g/mol. The van der Waals surface area contributed by atoms with Crippen LogP contribution in [0, 0.1) is 5.92 Å². The highest BCUT2D eigenvalue weighted by Gasteiger charge is 2.27. The number of benzene rings is 1. The van der Waals surface area contributed by atoms with Crippen molar-refractivity contribution in [2.75, 3.05) is 12.4 Å². The van der Waals surface area contributed by atoms with E-state index in [0.717, 1.165) is 41.0 Å². The van der Waals surface area contributed by atoms with Crippen LogP contribution in [0.1, 0.15) is 32.1 Å². The van der Waals surface area contributed by atoms with Gasteiger partial charge in [0.25, 0.3) is 0 Å². The quantitative estimate of drug-likeness (QED) is 0.725. The van der Waals surface area contributed by atoms with Crippen molar-refractivity contribution in [3.8, 4) is 5.75 Å². The summed E-state index contributed by atoms with van der Waals surface area (Å²) >= 11 is 6.88. The molecule has 1 saturated carbocycles. The first kappa shape index (κ1) is 16.8. The lowest BCUT2D eigenvalue weighted by molar-refractivity contribution is -0.120. The maximum absolute atomic E-state index is 12.5. The number of carbonyl (C=O) groups excluding carboxylic acids is 1. The van der Waals surface area contributed by atoms with Crippen LogP contribution in [0.5, 0.6) is 5.75 Å². The van der Waals surface area contributed by atoms with E-state index in [2.05, 4.69) is 37.2 Å². The third kappa shape index (κ3) is 4.20. The third-order valence-corrected chi connectivity index (χ3v) is 5.18. The SMILES string of the molecule is COc1cc(NC(=O)C2CCCCCC2N)c(Br)cc1Br. The highest BCUT2D eigenvalue weighted by Crippen LogP contribution is 2.35. The number of halogens is 2. The number of methoxy groups -OCH3 is 1. The van der Waals surface area contributed by atoms with E-state index < -0.39 is 0 Å². The zero-order valence-corrected chi connectivity index (χ0v) is 15.2. The Bertz CT molecular complexity index is 523. The topological polar surface area (TPSA) is 64.3 Å². The molecule has 116 valence electrons. The zero-order valence-electron chi connectivity index (χ0n) is 12.0. The average Bonchev–Trinajstić information content (AvgIpc) is 2.66. The smallest absolute Gasteiger partial charge is 0.229 e. The van der Waals surface area contributed by atoms with Gasteiger partial charge < -0.3 is 15.8 Å². The normalized spacial score (nSPS) is 22.5. The lowest BCUT2D eigenvalue weighted by Crippen LogP contribution is -2.37. The molecule has 1 aromatic rings. The van der Waals surface area contributed by atoms with Crippen LogP contribution >= 0.6 is 31.9 Å². The number of hydrogen-bond acceptors (Lipinski definition) is 3. The van der Waals surface area contributed by atoms with E-state index in [0.29, 0.717) is 11.4 Å². The molecule has 0 saturated heterocycles. The van der Waals surface area contributed by atoms with Gasteiger partial charge in [-0.15, -0.1) is 0 Å². The molecule has 2 unspecified atom stereocenters. The van der Waals surface area contributed by atoms with Crippen LogP contribution < -0.4 is 15.8 Å². The Kier molecular flexibility index (Phi) is 6.08. The molecule has 1 aliphatic rings. The Morgan fingerprint density at radius 1 is 1.24 bits per heavy atom. The predicted molar refractivity (Wildman–Crippen MR) is 91.6 cm³/mol. The van der Waals surface area contributed by atoms with Crippen LogP contribution in [0.4, 0.5) is 5.69 Å². The van der Waals surface area contributed by atoms with E-state index >= 15 is 0 Å². The van der Waals surface area contributed by atoms with Crippen molar-refractivity contribution in [2.45, 2.75) is 38.1 Å². The van der Waals surface area contributed by atoms with E-state index in [1.54, 1.807) is 13.2 Å². The second kappa shape index (κ2) is 7.61. The van der Waals surface area contributed by atoms with E-state index in [4.69, 9.17) is 10.5 Å². The van der Waals surface area contributed by atoms with Gasteiger partial charge in [-0.25, -0.2) is 0 Å². The fourth-order valence-corrected chi connectivity index (χ4v) is 3.92. The summed E-state index contributed by atoms with van der Waals surface area (Å²) < 4.78 is 6.91. The summed E-state index contributed by atoms with van der Waals surface area (Å²) in [4.78, 5) is 12.5. The van der Waals surface area contributed by atoms with E-state index in [-0.39, 0.29) is 17.9 Å². The standard InChI is InChI=1S/C15H20Br2N2O2/c1-21-14-8-13(10(16)7-11(14)17)19-15(20)9-5-3-2-4-6-12(9)18/h7-9,12H,2-6,18H2,1H3,(H,19,20). The summed E-state index contributed by atoms with van der Waals surface area (Å²) in [5.41, 5.74) is 6.85. The fourth-order valence-electron chi connectivity index (χ4n) is 2.67. The molecule has 0 aliphatic heterocycles. The van der Waals surface area contributed by atoms with Crippen LogP contribution in [-0.2, 0) is 4.79 Å². The molecule has 0 spiro atoms. The van der Waals surface area contributed by atoms with Gasteiger partial charge in [-0.3, -0.25) is 4.79 Å². The van der Waals surface area contributed by atoms with Crippen molar-refractivity contribution in [3.05, 3.63) is 21.1 Å². The lowest BCUT2D eigenvalue weighted by atomic mass is 9.94. The van der Waals surface area contributed by atoms with Gasteiger partial charge in [0.1, 0.15) is 5.75 Å². The number of carbonyl (C=O) groups is 1. The summed E-state index contributed by atoms with van der Waals surface area (Å²) in [7, 11) is 1.60. The van der Waals surface area contributed by atoms with Gasteiger partial charge in [0.2, 0.25) is 5.91 Å². The summed E-state index contributed by atoms with van der Waals surface area (Å²) in [5, 5.41) is 2.97. The van der Waals surface area contributed by atoms with Crippen LogP contribution in [-0.4, -0.2) is 19.1 Å². The number of ether oxygens (including phenoxy) is 1. The molecule has 4 nitrogen and oxygen atoms in total. The fraction of sp³-hybridized carbons (Fsp3) is 0.533. The molecule has 1 amide bonds. The molecule has 3 N–H and O–H groups in total. The molecule has 1 fully saturated rings. The molecule has 2 rings (SSSR count). The van der Waals surface area contributed by atoms with Gasteiger partial charge in [0, 0.05) is 16.6 Å². The maximum atomic E-state index is 12.5. The molecular formula is C15H20Br2N2O2. The Morgan fingerprint density at radius 2 is 1.95 bits per heavy atom. The van der Waals surface area contributed by atoms with E-state index in [1.165, 1.54) is 0 Å². The molecule has 0 radical (unpaired) electrons. The summed E-state index contributed by atoms with van der Waals surface area (Å²) in [5.74, 6) is 0.558. The number of rotatable bonds is 3. The Labute approximate surface area is 142 Å². The summed E-state index contributed by atoms with van der Waals surface area (Å²) in [6, 6.07) is 3.61. The lowest BCUT2D eigenvalue weighted by Gasteiger charge is -2.21. The second-order valence-corrected chi connectivity index (χ2v) is 7.07. The first-order valence-corrected chi connectivity index (χ1v) is 8.71. The Morgan fingerprint density at radius 3 is 2.67 bits per heavy atom. The number of hydrogen-bond donors (Lipinski definition) is 2.